The first-order valence-corrected chi connectivity index (χ1v) is 2.34. The van der Waals surface area contributed by atoms with E-state index in [0.29, 0.717) is 0 Å². The highest BCUT2D eigenvalue weighted by atomic mass is 16.5. The van der Waals surface area contributed by atoms with Gasteiger partial charge in [0.2, 0.25) is 0 Å². The molecular weight excluding hydrogens is 104 g/mol. The molecule has 0 aliphatic heterocycles. The van der Waals surface area contributed by atoms with Crippen molar-refractivity contribution in [2.45, 2.75) is 0 Å². The van der Waals surface area contributed by atoms with Gasteiger partial charge in [-0.05, 0) is 6.07 Å². The average molecular weight is 108 g/mol. The Balaban J connectivity index is 3.06. The lowest BCUT2D eigenvalue weighted by atomic mass is 10.5. The molecule has 0 aliphatic rings. The number of nitrogens with one attached hydrogen (secondary N) is 1. The third kappa shape index (κ3) is 0.307. The van der Waals surface area contributed by atoms with Gasteiger partial charge in [0.25, 0.3) is 0 Å². The maximum absolute atomic E-state index is 4.62. The number of hydrogen-bond acceptors (Lipinski definition) is 2. The summed E-state index contributed by atoms with van der Waals surface area (Å²) in [6.07, 6.45) is 3.43. The van der Waals surface area contributed by atoms with Crippen LogP contribution in [0.25, 0.3) is 11.0 Å². The second kappa shape index (κ2) is 1.12. The largest absolute Gasteiger partial charge is 0.362 e. The molecule has 2 heterocycles. The lowest BCUT2D eigenvalue weighted by Crippen LogP contribution is -1.58. The van der Waals surface area contributed by atoms with Gasteiger partial charge in [-0.2, -0.15) is 0 Å². The molecule has 0 unspecified atom stereocenters. The zero-order valence-electron chi connectivity index (χ0n) is 4.09. The van der Waals surface area contributed by atoms with Gasteiger partial charge in [-0.1, -0.05) is 5.16 Å². The van der Waals surface area contributed by atoms with Gasteiger partial charge in [0.05, 0.1) is 5.39 Å². The van der Waals surface area contributed by atoms with Crippen LogP contribution >= 0.6 is 0 Å². The molecule has 0 atom stereocenters. The van der Waals surface area contributed by atoms with E-state index in [1.165, 1.54) is 0 Å². The second-order valence-corrected chi connectivity index (χ2v) is 1.60. The van der Waals surface area contributed by atoms with E-state index in [2.05, 4.69) is 14.7 Å². The molecule has 0 aliphatic carbocycles. The highest BCUT2D eigenvalue weighted by Crippen LogP contribution is 2.06. The number of aromatic nitrogens is 2. The van der Waals surface area contributed by atoms with Crippen LogP contribution in [0.2, 0.25) is 0 Å². The molecule has 0 radical (unpaired) electrons. The quantitative estimate of drug-likeness (QED) is 0.550. The lowest BCUT2D eigenvalue weighted by Gasteiger charge is -1.62. The smallest absolute Gasteiger partial charge is 0.180 e. The maximum Gasteiger partial charge on any atom is 0.180 e. The number of aromatic amines is 1. The Labute approximate surface area is 45.3 Å². The summed E-state index contributed by atoms with van der Waals surface area (Å²) in [5, 5.41) is 4.67. The summed E-state index contributed by atoms with van der Waals surface area (Å²) in [6.45, 7) is 0. The van der Waals surface area contributed by atoms with E-state index in [4.69, 9.17) is 0 Å². The van der Waals surface area contributed by atoms with Crippen molar-refractivity contribution in [3.05, 3.63) is 18.5 Å². The summed E-state index contributed by atoms with van der Waals surface area (Å²) in [5.74, 6) is 0. The van der Waals surface area contributed by atoms with Gasteiger partial charge >= 0.3 is 0 Å². The van der Waals surface area contributed by atoms with Crippen molar-refractivity contribution in [1.29, 1.82) is 0 Å². The van der Waals surface area contributed by atoms with Gasteiger partial charge in [-0.25, -0.2) is 0 Å². The number of nitrogens with zero attached hydrogens (tertiary/aromatic N) is 1. The fourth-order valence-corrected chi connectivity index (χ4v) is 0.683. The summed E-state index contributed by atoms with van der Waals surface area (Å²) in [5.41, 5.74) is 0.810. The molecule has 2 rings (SSSR count). The van der Waals surface area contributed by atoms with E-state index in [0.717, 1.165) is 11.0 Å². The van der Waals surface area contributed by atoms with Crippen LogP contribution in [0.3, 0.4) is 0 Å². The van der Waals surface area contributed by atoms with Crippen LogP contribution in [0.5, 0.6) is 0 Å². The SMILES string of the molecule is c1cc2conc2[nH]1. The van der Waals surface area contributed by atoms with Crippen molar-refractivity contribution >= 4 is 11.0 Å². The predicted molar refractivity (Wildman–Crippen MR) is 28.4 cm³/mol. The van der Waals surface area contributed by atoms with Crippen molar-refractivity contribution < 1.29 is 4.52 Å². The molecule has 1 N–H and O–H groups in total. The molecule has 0 aromatic carbocycles. The molecule has 0 bridgehead atoms. The molecule has 3 heteroatoms. The van der Waals surface area contributed by atoms with Crippen LogP contribution in [0.15, 0.2) is 23.0 Å². The minimum atomic E-state index is 0.810. The number of H-pyrrole nitrogens is 1. The Hall–Kier alpha value is -1.25. The average Bonchev–Trinajstić information content (AvgIpc) is 2.15. The molecule has 2 aromatic heterocycles. The van der Waals surface area contributed by atoms with Crippen molar-refractivity contribution in [1.82, 2.24) is 10.1 Å². The van der Waals surface area contributed by atoms with Gasteiger partial charge in [0.1, 0.15) is 6.26 Å². The molecule has 0 saturated carbocycles. The summed E-state index contributed by atoms with van der Waals surface area (Å²) in [4.78, 5) is 2.89. The van der Waals surface area contributed by atoms with Gasteiger partial charge in [-0.15, -0.1) is 0 Å². The minimum absolute atomic E-state index is 0.810. The zero-order valence-corrected chi connectivity index (χ0v) is 4.09. The highest BCUT2D eigenvalue weighted by molar-refractivity contribution is 5.73. The Morgan fingerprint density at radius 1 is 1.62 bits per heavy atom. The summed E-state index contributed by atoms with van der Waals surface area (Å²) in [7, 11) is 0. The minimum Gasteiger partial charge on any atom is -0.362 e. The van der Waals surface area contributed by atoms with Gasteiger partial charge in [0.15, 0.2) is 5.65 Å². The van der Waals surface area contributed by atoms with E-state index in [-0.39, 0.29) is 0 Å². The lowest BCUT2D eigenvalue weighted by molar-refractivity contribution is 0.426. The Morgan fingerprint density at radius 2 is 2.62 bits per heavy atom. The summed E-state index contributed by atoms with van der Waals surface area (Å²) >= 11 is 0. The van der Waals surface area contributed by atoms with Gasteiger partial charge < -0.3 is 9.51 Å². The Bertz CT molecular complexity index is 232. The zero-order chi connectivity index (χ0) is 5.40. The molecular formula is C5H4N2O. The van der Waals surface area contributed by atoms with Crippen LogP contribution in [0.1, 0.15) is 0 Å². The first-order valence-electron chi connectivity index (χ1n) is 2.34. The molecule has 0 spiro atoms. The maximum atomic E-state index is 4.62. The molecule has 0 fully saturated rings. The summed E-state index contributed by atoms with van der Waals surface area (Å²) < 4.78 is 4.62. The number of fused-ring (bicyclic) bond motifs is 1. The third-order valence-electron chi connectivity index (χ3n) is 1.08. The third-order valence-corrected chi connectivity index (χ3v) is 1.08. The van der Waals surface area contributed by atoms with Crippen LogP contribution in [-0.4, -0.2) is 10.1 Å². The Kier molecular flexibility index (Phi) is 0.521. The molecule has 40 valence electrons. The van der Waals surface area contributed by atoms with Gasteiger partial charge in [-0.3, -0.25) is 0 Å². The van der Waals surface area contributed by atoms with E-state index < -0.39 is 0 Å². The molecule has 8 heavy (non-hydrogen) atoms. The molecule has 2 aromatic rings. The predicted octanol–water partition coefficient (Wildman–Crippen LogP) is 1.16. The topological polar surface area (TPSA) is 41.8 Å². The first kappa shape index (κ1) is 3.72. The van der Waals surface area contributed by atoms with Crippen molar-refractivity contribution in [2.24, 2.45) is 0 Å². The monoisotopic (exact) mass is 108 g/mol. The molecule has 0 amide bonds. The van der Waals surface area contributed by atoms with Crippen molar-refractivity contribution in [3.63, 3.8) is 0 Å². The fraction of sp³-hybridized carbons (Fsp3) is 0. The Morgan fingerprint density at radius 3 is 3.50 bits per heavy atom. The fourth-order valence-electron chi connectivity index (χ4n) is 0.683. The van der Waals surface area contributed by atoms with Crippen molar-refractivity contribution in [2.75, 3.05) is 0 Å². The van der Waals surface area contributed by atoms with Crippen LogP contribution in [0, 0.1) is 0 Å². The molecule has 0 saturated heterocycles. The number of rotatable bonds is 0. The second-order valence-electron chi connectivity index (χ2n) is 1.60. The normalized spacial score (nSPS) is 10.5. The van der Waals surface area contributed by atoms with E-state index in [9.17, 15) is 0 Å². The van der Waals surface area contributed by atoms with Crippen LogP contribution < -0.4 is 0 Å². The highest BCUT2D eigenvalue weighted by Gasteiger charge is 1.93. The first-order chi connectivity index (χ1) is 3.97. The van der Waals surface area contributed by atoms with Crippen LogP contribution in [-0.2, 0) is 0 Å². The van der Waals surface area contributed by atoms with E-state index >= 15 is 0 Å². The number of hydrogen-bond donors (Lipinski definition) is 1. The van der Waals surface area contributed by atoms with Crippen LogP contribution in [0.4, 0.5) is 0 Å². The summed E-state index contributed by atoms with van der Waals surface area (Å²) in [6, 6.07) is 1.91. The van der Waals surface area contributed by atoms with Gasteiger partial charge in [0, 0.05) is 6.20 Å². The standard InChI is InChI=1S/C5H4N2O/c1-2-6-5-4(1)3-8-7-5/h1-3H,(H,6,7). The molecule has 3 nitrogen and oxygen atoms in total. The van der Waals surface area contributed by atoms with E-state index in [1.807, 2.05) is 12.3 Å². The van der Waals surface area contributed by atoms with E-state index in [1.54, 1.807) is 6.26 Å². The van der Waals surface area contributed by atoms with Crippen molar-refractivity contribution in [3.8, 4) is 0 Å².